The van der Waals surface area contributed by atoms with E-state index in [1.807, 2.05) is 0 Å². The summed E-state index contributed by atoms with van der Waals surface area (Å²) in [5.74, 6) is 0. The first-order chi connectivity index (χ1) is 11.6. The fraction of sp³-hybridized carbons (Fsp3) is 0.500. The first kappa shape index (κ1) is 17.1. The van der Waals surface area contributed by atoms with E-state index in [4.69, 9.17) is 4.74 Å². The van der Waals surface area contributed by atoms with E-state index < -0.39 is 0 Å². The molecule has 1 saturated carbocycles. The maximum absolute atomic E-state index is 5.92. The fourth-order valence-corrected chi connectivity index (χ4v) is 3.21. The van der Waals surface area contributed by atoms with Gasteiger partial charge in [0.25, 0.3) is 0 Å². The predicted molar refractivity (Wildman–Crippen MR) is 95.6 cm³/mol. The normalized spacial score (nSPS) is 17.0. The van der Waals surface area contributed by atoms with Crippen LogP contribution >= 0.6 is 0 Å². The van der Waals surface area contributed by atoms with E-state index in [0.29, 0.717) is 12.6 Å². The van der Waals surface area contributed by atoms with Gasteiger partial charge >= 0.3 is 0 Å². The van der Waals surface area contributed by atoms with E-state index in [0.717, 1.165) is 12.1 Å². The number of ether oxygens (including phenoxy) is 1. The van der Waals surface area contributed by atoms with Gasteiger partial charge in [-0.1, -0.05) is 38.1 Å². The lowest BCUT2D eigenvalue weighted by molar-refractivity contribution is 0.0513. The van der Waals surface area contributed by atoms with Gasteiger partial charge in [-0.3, -0.25) is 9.97 Å². The molecule has 0 bridgehead atoms. The molecule has 3 rings (SSSR count). The molecule has 0 radical (unpaired) electrons. The van der Waals surface area contributed by atoms with Gasteiger partial charge in [0.15, 0.2) is 0 Å². The summed E-state index contributed by atoms with van der Waals surface area (Å²) in [7, 11) is 0. The van der Waals surface area contributed by atoms with Crippen molar-refractivity contribution in [3.63, 3.8) is 0 Å². The summed E-state index contributed by atoms with van der Waals surface area (Å²) in [6.07, 6.45) is 8.64. The van der Waals surface area contributed by atoms with Crippen LogP contribution in [0.3, 0.4) is 0 Å². The van der Waals surface area contributed by atoms with Crippen LogP contribution in [0.4, 0.5) is 0 Å². The maximum Gasteiger partial charge on any atom is 0.0907 e. The molecule has 1 aromatic heterocycles. The summed E-state index contributed by atoms with van der Waals surface area (Å²) < 4.78 is 5.92. The Balaban J connectivity index is 1.58. The van der Waals surface area contributed by atoms with Crippen LogP contribution in [-0.4, -0.2) is 22.1 Å². The number of benzene rings is 1. The van der Waals surface area contributed by atoms with Gasteiger partial charge in [-0.05, 0) is 37.3 Å². The highest BCUT2D eigenvalue weighted by molar-refractivity contribution is 5.34. The molecule has 4 nitrogen and oxygen atoms in total. The van der Waals surface area contributed by atoms with Gasteiger partial charge in [0.2, 0.25) is 0 Å². The van der Waals surface area contributed by atoms with Crippen molar-refractivity contribution in [2.24, 2.45) is 0 Å². The highest BCUT2D eigenvalue weighted by Gasteiger charge is 2.44. The van der Waals surface area contributed by atoms with Crippen molar-refractivity contribution in [3.05, 3.63) is 59.7 Å². The molecule has 1 unspecified atom stereocenters. The molecular formula is C20H27N3O. The van der Waals surface area contributed by atoms with E-state index in [1.165, 1.54) is 24.0 Å². The molecule has 0 saturated heterocycles. The molecular weight excluding hydrogens is 298 g/mol. The quantitative estimate of drug-likeness (QED) is 0.805. The van der Waals surface area contributed by atoms with Gasteiger partial charge in [0.05, 0.1) is 24.6 Å². The zero-order valence-electron chi connectivity index (χ0n) is 14.8. The molecule has 0 amide bonds. The lowest BCUT2D eigenvalue weighted by Crippen LogP contribution is -2.34. The summed E-state index contributed by atoms with van der Waals surface area (Å²) in [5.41, 5.74) is 3.82. The van der Waals surface area contributed by atoms with Gasteiger partial charge in [-0.2, -0.15) is 0 Å². The van der Waals surface area contributed by atoms with Crippen molar-refractivity contribution in [3.8, 4) is 0 Å². The first-order valence-corrected chi connectivity index (χ1v) is 8.81. The Morgan fingerprint density at radius 1 is 1.21 bits per heavy atom. The molecule has 0 aliphatic heterocycles. The van der Waals surface area contributed by atoms with Crippen LogP contribution in [0.15, 0.2) is 42.9 Å². The van der Waals surface area contributed by atoms with Crippen molar-refractivity contribution in [2.75, 3.05) is 0 Å². The summed E-state index contributed by atoms with van der Waals surface area (Å²) in [5, 5.41) is 3.73. The molecule has 1 aromatic carbocycles. The molecule has 2 aromatic rings. The van der Waals surface area contributed by atoms with Crippen LogP contribution in [-0.2, 0) is 23.3 Å². The minimum absolute atomic E-state index is 0.149. The molecule has 128 valence electrons. The van der Waals surface area contributed by atoms with Crippen LogP contribution in [0.25, 0.3) is 0 Å². The van der Waals surface area contributed by atoms with E-state index in [9.17, 15) is 0 Å². The third-order valence-corrected chi connectivity index (χ3v) is 4.45. The monoisotopic (exact) mass is 325 g/mol. The molecule has 1 heterocycles. The fourth-order valence-electron chi connectivity index (χ4n) is 3.21. The van der Waals surface area contributed by atoms with Crippen LogP contribution in [0, 0.1) is 0 Å². The second-order valence-electron chi connectivity index (χ2n) is 7.10. The Hall–Kier alpha value is -1.78. The van der Waals surface area contributed by atoms with Crippen LogP contribution in [0.2, 0.25) is 0 Å². The van der Waals surface area contributed by atoms with Gasteiger partial charge in [0, 0.05) is 24.0 Å². The third-order valence-electron chi connectivity index (χ3n) is 4.45. The average molecular weight is 325 g/mol. The van der Waals surface area contributed by atoms with Crippen LogP contribution < -0.4 is 5.32 Å². The molecule has 1 N–H and O–H groups in total. The second kappa shape index (κ2) is 7.41. The zero-order chi connectivity index (χ0) is 17.0. The minimum Gasteiger partial charge on any atom is -0.372 e. The van der Waals surface area contributed by atoms with Gasteiger partial charge < -0.3 is 10.1 Å². The molecule has 4 heteroatoms. The number of rotatable bonds is 8. The van der Waals surface area contributed by atoms with E-state index in [1.54, 1.807) is 18.6 Å². The van der Waals surface area contributed by atoms with E-state index >= 15 is 0 Å². The number of nitrogens with one attached hydrogen (secondary N) is 1. The van der Waals surface area contributed by atoms with Gasteiger partial charge in [-0.25, -0.2) is 0 Å². The molecule has 0 spiro atoms. The lowest BCUT2D eigenvalue weighted by Gasteiger charge is -2.22. The standard InChI is InChI=1S/C20H27N3O/c1-15(2)23-20(7-8-20)18-6-4-5-17(12-18)11-16(3)24-14-19-13-21-9-10-22-19/h4-6,9-10,12-13,15-16,23H,7-8,11,14H2,1-3H3. The molecule has 1 aliphatic carbocycles. The Morgan fingerprint density at radius 2 is 2.04 bits per heavy atom. The third kappa shape index (κ3) is 4.40. The van der Waals surface area contributed by atoms with Crippen LogP contribution in [0.1, 0.15) is 50.4 Å². The molecule has 1 atom stereocenters. The SMILES string of the molecule is CC(C)NC1(c2cccc(CC(C)OCc3cnccn3)c2)CC1. The number of aromatic nitrogens is 2. The Morgan fingerprint density at radius 3 is 2.71 bits per heavy atom. The number of nitrogens with zero attached hydrogens (tertiary/aromatic N) is 2. The van der Waals surface area contributed by atoms with Crippen molar-refractivity contribution >= 4 is 0 Å². The zero-order valence-corrected chi connectivity index (χ0v) is 14.8. The maximum atomic E-state index is 5.92. The average Bonchev–Trinajstić information content (AvgIpc) is 3.34. The van der Waals surface area contributed by atoms with Crippen molar-refractivity contribution < 1.29 is 4.74 Å². The van der Waals surface area contributed by atoms with Crippen molar-refractivity contribution in [2.45, 2.75) is 64.3 Å². The first-order valence-electron chi connectivity index (χ1n) is 8.81. The van der Waals surface area contributed by atoms with E-state index in [2.05, 4.69) is 60.3 Å². The highest BCUT2D eigenvalue weighted by Crippen LogP contribution is 2.46. The largest absolute Gasteiger partial charge is 0.372 e. The summed E-state index contributed by atoms with van der Waals surface area (Å²) in [6.45, 7) is 7.05. The second-order valence-corrected chi connectivity index (χ2v) is 7.10. The Labute approximate surface area is 144 Å². The van der Waals surface area contributed by atoms with Gasteiger partial charge in [-0.15, -0.1) is 0 Å². The summed E-state index contributed by atoms with van der Waals surface area (Å²) in [4.78, 5) is 8.31. The molecule has 24 heavy (non-hydrogen) atoms. The predicted octanol–water partition coefficient (Wildman–Crippen LogP) is 3.61. The highest BCUT2D eigenvalue weighted by atomic mass is 16.5. The van der Waals surface area contributed by atoms with Gasteiger partial charge in [0.1, 0.15) is 0 Å². The Bertz CT molecular complexity index is 653. The topological polar surface area (TPSA) is 47.0 Å². The van der Waals surface area contributed by atoms with Crippen molar-refractivity contribution in [1.82, 2.24) is 15.3 Å². The van der Waals surface area contributed by atoms with Crippen LogP contribution in [0.5, 0.6) is 0 Å². The molecule has 1 fully saturated rings. The molecule has 1 aliphatic rings. The number of hydrogen-bond donors (Lipinski definition) is 1. The Kier molecular flexibility index (Phi) is 5.27. The lowest BCUT2D eigenvalue weighted by atomic mass is 9.99. The smallest absolute Gasteiger partial charge is 0.0907 e. The van der Waals surface area contributed by atoms with E-state index in [-0.39, 0.29) is 11.6 Å². The van der Waals surface area contributed by atoms with Crippen molar-refractivity contribution in [1.29, 1.82) is 0 Å². The summed E-state index contributed by atoms with van der Waals surface area (Å²) >= 11 is 0. The number of hydrogen-bond acceptors (Lipinski definition) is 4. The summed E-state index contributed by atoms with van der Waals surface area (Å²) in [6, 6.07) is 9.45. The minimum atomic E-state index is 0.149.